The number of hydrogen-bond acceptors (Lipinski definition) is 8. The highest BCUT2D eigenvalue weighted by Gasteiger charge is 2.19. The van der Waals surface area contributed by atoms with Gasteiger partial charge < -0.3 is 20.1 Å². The third-order valence-corrected chi connectivity index (χ3v) is 3.05. The molecule has 0 saturated heterocycles. The van der Waals surface area contributed by atoms with E-state index in [9.17, 15) is 29.3 Å². The van der Waals surface area contributed by atoms with E-state index < -0.39 is 47.5 Å². The van der Waals surface area contributed by atoms with Crippen molar-refractivity contribution in [3.05, 3.63) is 39.4 Å². The lowest BCUT2D eigenvalue weighted by Gasteiger charge is -2.08. The van der Waals surface area contributed by atoms with Gasteiger partial charge in [0, 0.05) is 23.3 Å². The summed E-state index contributed by atoms with van der Waals surface area (Å²) in [7, 11) is 0. The second-order valence-corrected chi connectivity index (χ2v) is 5.00. The minimum absolute atomic E-state index is 0.135. The topological polar surface area (TPSA) is 154 Å². The largest absolute Gasteiger partial charge is 0.465 e. The molecule has 11 heteroatoms. The Hall–Kier alpha value is -3.50. The summed E-state index contributed by atoms with van der Waals surface area (Å²) in [5.74, 6) is -2.95. The van der Waals surface area contributed by atoms with E-state index >= 15 is 0 Å². The Labute approximate surface area is 154 Å². The Balaban J connectivity index is 2.94. The molecule has 0 aliphatic rings. The molecule has 27 heavy (non-hydrogen) atoms. The molecule has 2 N–H and O–H groups in total. The van der Waals surface area contributed by atoms with Crippen molar-refractivity contribution >= 4 is 29.4 Å². The van der Waals surface area contributed by atoms with Gasteiger partial charge in [0.1, 0.15) is 13.1 Å². The van der Waals surface area contributed by atoms with Crippen LogP contribution in [0.1, 0.15) is 34.6 Å². The summed E-state index contributed by atoms with van der Waals surface area (Å²) >= 11 is 0. The predicted molar refractivity (Wildman–Crippen MR) is 91.0 cm³/mol. The van der Waals surface area contributed by atoms with Crippen molar-refractivity contribution < 1.29 is 33.6 Å². The van der Waals surface area contributed by atoms with E-state index in [1.807, 2.05) is 0 Å². The van der Waals surface area contributed by atoms with Gasteiger partial charge in [0.15, 0.2) is 0 Å². The molecule has 0 fully saturated rings. The van der Waals surface area contributed by atoms with E-state index in [1.54, 1.807) is 13.8 Å². The highest BCUT2D eigenvalue weighted by Crippen LogP contribution is 2.17. The van der Waals surface area contributed by atoms with E-state index in [0.29, 0.717) is 0 Å². The van der Waals surface area contributed by atoms with Crippen molar-refractivity contribution in [1.29, 1.82) is 0 Å². The maximum Gasteiger partial charge on any atom is 0.325 e. The number of nitro benzene ring substituents is 1. The Morgan fingerprint density at radius 1 is 0.889 bits per heavy atom. The van der Waals surface area contributed by atoms with Crippen LogP contribution >= 0.6 is 0 Å². The number of carbonyl (C=O) groups is 4. The number of nitro groups is 1. The Kier molecular flexibility index (Phi) is 8.36. The molecule has 0 aliphatic carbocycles. The fourth-order valence-corrected chi connectivity index (χ4v) is 1.91. The maximum atomic E-state index is 12.1. The van der Waals surface area contributed by atoms with Crippen LogP contribution in [0.5, 0.6) is 0 Å². The van der Waals surface area contributed by atoms with E-state index in [0.717, 1.165) is 18.2 Å². The van der Waals surface area contributed by atoms with E-state index in [1.165, 1.54) is 0 Å². The van der Waals surface area contributed by atoms with Crippen molar-refractivity contribution in [2.24, 2.45) is 0 Å². The van der Waals surface area contributed by atoms with Gasteiger partial charge in [0.2, 0.25) is 0 Å². The molecule has 11 nitrogen and oxygen atoms in total. The van der Waals surface area contributed by atoms with Crippen LogP contribution in [-0.2, 0) is 19.1 Å². The van der Waals surface area contributed by atoms with Crippen LogP contribution in [0.3, 0.4) is 0 Å². The first kappa shape index (κ1) is 21.5. The average Bonchev–Trinajstić information content (AvgIpc) is 2.64. The van der Waals surface area contributed by atoms with Crippen LogP contribution in [0.4, 0.5) is 5.69 Å². The zero-order valence-corrected chi connectivity index (χ0v) is 14.8. The Bertz CT molecular complexity index is 695. The minimum atomic E-state index is -0.800. The number of ether oxygens (including phenoxy) is 2. The number of rotatable bonds is 9. The molecular formula is C16H19N3O8. The van der Waals surface area contributed by atoms with Crippen LogP contribution in [0, 0.1) is 10.1 Å². The first-order chi connectivity index (χ1) is 12.8. The zero-order valence-electron chi connectivity index (χ0n) is 14.8. The molecule has 0 bridgehead atoms. The number of nitrogens with zero attached hydrogens (tertiary/aromatic N) is 1. The SMILES string of the molecule is CCOC(=O)CNC(=O)c1cc(C(=O)NCC(=O)OCC)cc([N+](=O)[O-])c1. The van der Waals surface area contributed by atoms with Crippen molar-refractivity contribution in [3.8, 4) is 0 Å². The minimum Gasteiger partial charge on any atom is -0.465 e. The molecule has 0 saturated carbocycles. The molecule has 1 aromatic rings. The first-order valence-electron chi connectivity index (χ1n) is 7.95. The number of amides is 2. The van der Waals surface area contributed by atoms with Gasteiger partial charge in [-0.3, -0.25) is 29.3 Å². The normalized spacial score (nSPS) is 9.85. The molecule has 0 atom stereocenters. The summed E-state index contributed by atoms with van der Waals surface area (Å²) in [5, 5.41) is 15.5. The summed E-state index contributed by atoms with van der Waals surface area (Å²) in [5.41, 5.74) is -0.898. The number of esters is 2. The predicted octanol–water partition coefficient (Wildman–Crippen LogP) is 0.181. The fourth-order valence-electron chi connectivity index (χ4n) is 1.91. The standard InChI is InChI=1S/C16H19N3O8/c1-3-26-13(20)8-17-15(22)10-5-11(7-12(6-10)19(24)25)16(23)18-9-14(21)27-4-2/h5-7H,3-4,8-9H2,1-2H3,(H,17,22)(H,18,23). The lowest BCUT2D eigenvalue weighted by atomic mass is 10.1. The monoisotopic (exact) mass is 381 g/mol. The second-order valence-electron chi connectivity index (χ2n) is 5.00. The van der Waals surface area contributed by atoms with E-state index in [4.69, 9.17) is 0 Å². The lowest BCUT2D eigenvalue weighted by Crippen LogP contribution is -2.32. The van der Waals surface area contributed by atoms with Crippen LogP contribution in [0.2, 0.25) is 0 Å². The van der Waals surface area contributed by atoms with Gasteiger partial charge in [-0.25, -0.2) is 0 Å². The third-order valence-electron chi connectivity index (χ3n) is 3.05. The van der Waals surface area contributed by atoms with Crippen LogP contribution in [-0.4, -0.2) is 55.0 Å². The van der Waals surface area contributed by atoms with Gasteiger partial charge in [-0.1, -0.05) is 0 Å². The maximum absolute atomic E-state index is 12.1. The molecule has 0 radical (unpaired) electrons. The quantitative estimate of drug-likeness (QED) is 0.349. The number of carbonyl (C=O) groups excluding carboxylic acids is 4. The Morgan fingerprint density at radius 2 is 1.30 bits per heavy atom. The number of nitrogens with one attached hydrogen (secondary N) is 2. The highest BCUT2D eigenvalue weighted by molar-refractivity contribution is 6.02. The molecule has 1 aromatic carbocycles. The van der Waals surface area contributed by atoms with Crippen molar-refractivity contribution in [2.45, 2.75) is 13.8 Å². The molecule has 0 spiro atoms. The first-order valence-corrected chi connectivity index (χ1v) is 7.95. The van der Waals surface area contributed by atoms with Crippen LogP contribution < -0.4 is 10.6 Å². The molecule has 0 unspecified atom stereocenters. The van der Waals surface area contributed by atoms with Crippen LogP contribution in [0.25, 0.3) is 0 Å². The van der Waals surface area contributed by atoms with Crippen molar-refractivity contribution in [3.63, 3.8) is 0 Å². The van der Waals surface area contributed by atoms with Gasteiger partial charge in [-0.2, -0.15) is 0 Å². The molecule has 0 aromatic heterocycles. The molecule has 0 aliphatic heterocycles. The molecule has 1 rings (SSSR count). The summed E-state index contributed by atoms with van der Waals surface area (Å²) < 4.78 is 9.31. The molecular weight excluding hydrogens is 362 g/mol. The highest BCUT2D eigenvalue weighted by atomic mass is 16.6. The van der Waals surface area contributed by atoms with E-state index in [2.05, 4.69) is 20.1 Å². The number of benzene rings is 1. The average molecular weight is 381 g/mol. The smallest absolute Gasteiger partial charge is 0.325 e. The molecule has 0 heterocycles. The van der Waals surface area contributed by atoms with Gasteiger partial charge in [-0.15, -0.1) is 0 Å². The summed E-state index contributed by atoms with van der Waals surface area (Å²) in [6.45, 7) is 2.61. The zero-order chi connectivity index (χ0) is 20.4. The number of hydrogen-bond donors (Lipinski definition) is 2. The van der Waals surface area contributed by atoms with Gasteiger partial charge in [0.25, 0.3) is 17.5 Å². The fraction of sp³-hybridized carbons (Fsp3) is 0.375. The number of non-ortho nitro benzene ring substituents is 1. The summed E-state index contributed by atoms with van der Waals surface area (Å²) in [6, 6.07) is 3.03. The lowest BCUT2D eigenvalue weighted by molar-refractivity contribution is -0.384. The van der Waals surface area contributed by atoms with Crippen molar-refractivity contribution in [2.75, 3.05) is 26.3 Å². The van der Waals surface area contributed by atoms with Gasteiger partial charge >= 0.3 is 11.9 Å². The second kappa shape index (κ2) is 10.5. The summed E-state index contributed by atoms with van der Waals surface area (Å²) in [4.78, 5) is 57.0. The molecule has 2 amide bonds. The van der Waals surface area contributed by atoms with E-state index in [-0.39, 0.29) is 24.3 Å². The summed E-state index contributed by atoms with van der Waals surface area (Å²) in [6.07, 6.45) is 0. The molecule has 146 valence electrons. The van der Waals surface area contributed by atoms with Gasteiger partial charge in [-0.05, 0) is 19.9 Å². The van der Waals surface area contributed by atoms with Crippen molar-refractivity contribution in [1.82, 2.24) is 10.6 Å². The third kappa shape index (κ3) is 7.10. The van der Waals surface area contributed by atoms with Crippen LogP contribution in [0.15, 0.2) is 18.2 Å². The Morgan fingerprint density at radius 3 is 1.63 bits per heavy atom. The van der Waals surface area contributed by atoms with Gasteiger partial charge in [0.05, 0.1) is 18.1 Å².